The summed E-state index contributed by atoms with van der Waals surface area (Å²) in [6.07, 6.45) is 1.37. The quantitative estimate of drug-likeness (QED) is 0.342. The summed E-state index contributed by atoms with van der Waals surface area (Å²) in [4.78, 5) is 3.49. The van der Waals surface area contributed by atoms with Crippen LogP contribution in [0.2, 0.25) is 5.15 Å². The van der Waals surface area contributed by atoms with E-state index >= 15 is 0 Å². The van der Waals surface area contributed by atoms with Gasteiger partial charge in [0.2, 0.25) is 0 Å². The van der Waals surface area contributed by atoms with Gasteiger partial charge in [-0.25, -0.2) is 4.98 Å². The largest absolute Gasteiger partial charge is 1.00 e. The number of hydrogen-bond donors (Lipinski definition) is 0. The van der Waals surface area contributed by atoms with Crippen molar-refractivity contribution in [2.45, 2.75) is 0 Å². The molecule has 0 amide bonds. The van der Waals surface area contributed by atoms with Crippen molar-refractivity contribution in [1.82, 2.24) is 4.98 Å². The molecule has 0 saturated heterocycles. The van der Waals surface area contributed by atoms with Crippen molar-refractivity contribution in [2.75, 3.05) is 0 Å². The first-order valence-electron chi connectivity index (χ1n) is 2.60. The van der Waals surface area contributed by atoms with E-state index in [1.54, 1.807) is 0 Å². The van der Waals surface area contributed by atoms with E-state index in [-0.39, 0.29) is 66.7 Å². The number of aromatic nitrogens is 1. The van der Waals surface area contributed by atoms with Gasteiger partial charge in [0.15, 0.2) is 0 Å². The van der Waals surface area contributed by atoms with Gasteiger partial charge in [-0.2, -0.15) is 0 Å². The monoisotopic (exact) mass is 219 g/mol. The maximum absolute atomic E-state index is 11.9. The van der Waals surface area contributed by atoms with Crippen LogP contribution < -0.4 is 61.6 Å². The van der Waals surface area contributed by atoms with Gasteiger partial charge < -0.3 is 4.70 Å². The fourth-order valence-corrected chi connectivity index (χ4v) is 0.763. The third-order valence-electron chi connectivity index (χ3n) is 1.02. The molecule has 0 unspecified atom stereocenters. The zero-order chi connectivity index (χ0) is 7.56. The molecule has 0 spiro atoms. The van der Waals surface area contributed by atoms with E-state index in [4.69, 9.17) is 11.6 Å². The molecule has 0 aliphatic carbocycles. The molecule has 0 aliphatic rings. The van der Waals surface area contributed by atoms with Crippen LogP contribution >= 0.6 is 11.6 Å². The van der Waals surface area contributed by atoms with E-state index in [2.05, 4.69) is 4.98 Å². The van der Waals surface area contributed by atoms with Crippen molar-refractivity contribution < 1.29 is 64.7 Å². The molecule has 60 valence electrons. The molecule has 0 atom stereocenters. The van der Waals surface area contributed by atoms with Gasteiger partial charge in [0.25, 0.3) is 0 Å². The molecule has 1 rings (SSSR count). The topological polar surface area (TPSA) is 12.9 Å². The zero-order valence-electron chi connectivity index (χ0n) is 6.27. The zero-order valence-corrected chi connectivity index (χ0v) is 10.1. The molecule has 1 aromatic heterocycles. The van der Waals surface area contributed by atoms with Crippen LogP contribution in [0, 0.1) is 0 Å². The second-order valence-electron chi connectivity index (χ2n) is 1.68. The summed E-state index contributed by atoms with van der Waals surface area (Å²) < 4.78 is 23.8. The average molecular weight is 219 g/mol. The Bertz CT molecular complexity index is 238. The van der Waals surface area contributed by atoms with E-state index in [0.29, 0.717) is 0 Å². The number of pyridine rings is 1. The predicted octanol–water partition coefficient (Wildman–Crippen LogP) is -4.62. The molecule has 12 heavy (non-hydrogen) atoms. The van der Waals surface area contributed by atoms with Gasteiger partial charge in [-0.3, -0.25) is 8.63 Å². The van der Waals surface area contributed by atoms with Crippen LogP contribution in [-0.2, 0) is 0 Å². The molecule has 0 N–H and O–H groups in total. The fourth-order valence-electron chi connectivity index (χ4n) is 0.561. The number of rotatable bonds is 1. The maximum atomic E-state index is 11.9. The minimum Gasteiger partial charge on any atom is -1.00 e. The Hall–Kier alpha value is 0.931. The van der Waals surface area contributed by atoms with Crippen molar-refractivity contribution in [1.29, 1.82) is 0 Å². The number of hydrogen-bond acceptors (Lipinski definition) is 1. The van der Waals surface area contributed by atoms with Gasteiger partial charge in [-0.05, 0) is 6.07 Å². The normalized spacial score (nSPS) is 7.92. The van der Waals surface area contributed by atoms with Crippen LogP contribution in [0.4, 0.5) is 8.63 Å². The Kier molecular flexibility index (Phi) is 9.43. The van der Waals surface area contributed by atoms with Crippen LogP contribution in [-0.4, -0.2) is 12.3 Å². The summed E-state index contributed by atoms with van der Waals surface area (Å²) >= 11 is 5.33. The molecule has 7 heteroatoms. The molecule has 1 nitrogen and oxygen atoms in total. The predicted molar refractivity (Wildman–Crippen MR) is 36.9 cm³/mol. The van der Waals surface area contributed by atoms with Crippen LogP contribution in [0.1, 0.15) is 0 Å². The molecule has 1 heterocycles. The Morgan fingerprint density at radius 1 is 1.42 bits per heavy atom. The Balaban J connectivity index is 0. The van der Waals surface area contributed by atoms with Crippen molar-refractivity contribution in [3.8, 4) is 0 Å². The SMILES string of the molecule is FB(F)c1cccnc1Cl.[F-].[K+]. The number of nitrogens with zero attached hydrogens (tertiary/aromatic N) is 1. The summed E-state index contributed by atoms with van der Waals surface area (Å²) in [5, 5.41) is -0.127. The molecule has 0 saturated carbocycles. The molecule has 0 aromatic carbocycles. The van der Waals surface area contributed by atoms with E-state index in [1.165, 1.54) is 18.3 Å². The average Bonchev–Trinajstić information content (AvgIpc) is 1.88. The first-order valence-corrected chi connectivity index (χ1v) is 2.98. The number of halogens is 4. The van der Waals surface area contributed by atoms with Crippen LogP contribution in [0.15, 0.2) is 18.3 Å². The third kappa shape index (κ3) is 4.25. The Labute approximate surface area is 116 Å². The van der Waals surface area contributed by atoms with Crippen molar-refractivity contribution in [2.24, 2.45) is 0 Å². The van der Waals surface area contributed by atoms with Crippen LogP contribution in [0.3, 0.4) is 0 Å². The van der Waals surface area contributed by atoms with E-state index in [1.807, 2.05) is 0 Å². The molecule has 0 bridgehead atoms. The first kappa shape index (κ1) is 15.4. The van der Waals surface area contributed by atoms with Gasteiger partial charge in [0.05, 0.1) is 0 Å². The van der Waals surface area contributed by atoms with Crippen LogP contribution in [0.25, 0.3) is 0 Å². The smallest absolute Gasteiger partial charge is 1.00 e. The van der Waals surface area contributed by atoms with Crippen LogP contribution in [0.5, 0.6) is 0 Å². The summed E-state index contributed by atoms with van der Waals surface area (Å²) in [7, 11) is -2.54. The fraction of sp³-hybridized carbons (Fsp3) is 0. The molecule has 1 aromatic rings. The molecule has 0 fully saturated rings. The Morgan fingerprint density at radius 2 is 2.00 bits per heavy atom. The molecular weight excluding hydrogens is 216 g/mol. The van der Waals surface area contributed by atoms with Gasteiger partial charge in [-0.1, -0.05) is 17.7 Å². The van der Waals surface area contributed by atoms with Gasteiger partial charge in [0.1, 0.15) is 5.15 Å². The minimum absolute atomic E-state index is 0. The second kappa shape index (κ2) is 7.35. The summed E-state index contributed by atoms with van der Waals surface area (Å²) in [6, 6.07) is 2.67. The molecule has 0 radical (unpaired) electrons. The van der Waals surface area contributed by atoms with Crippen molar-refractivity contribution in [3.63, 3.8) is 0 Å². The molecular formula is C5H3BClF3KN. The maximum Gasteiger partial charge on any atom is 1.00 e. The van der Waals surface area contributed by atoms with Crippen molar-refractivity contribution >= 4 is 24.3 Å². The van der Waals surface area contributed by atoms with E-state index in [9.17, 15) is 8.63 Å². The summed E-state index contributed by atoms with van der Waals surface area (Å²) in [5.41, 5.74) is -0.218. The minimum atomic E-state index is -2.54. The van der Waals surface area contributed by atoms with E-state index in [0.717, 1.165) is 0 Å². The van der Waals surface area contributed by atoms with Gasteiger partial charge >= 0.3 is 58.7 Å². The van der Waals surface area contributed by atoms with Crippen molar-refractivity contribution in [3.05, 3.63) is 23.5 Å². The second-order valence-corrected chi connectivity index (χ2v) is 2.04. The third-order valence-corrected chi connectivity index (χ3v) is 1.34. The van der Waals surface area contributed by atoms with E-state index < -0.39 is 7.27 Å². The molecule has 0 aliphatic heterocycles. The van der Waals surface area contributed by atoms with Gasteiger partial charge in [0, 0.05) is 11.7 Å². The summed E-state index contributed by atoms with van der Waals surface area (Å²) in [6.45, 7) is 0. The summed E-state index contributed by atoms with van der Waals surface area (Å²) in [5.74, 6) is 0. The Morgan fingerprint density at radius 3 is 2.33 bits per heavy atom. The van der Waals surface area contributed by atoms with Gasteiger partial charge in [-0.15, -0.1) is 0 Å². The first-order chi connectivity index (χ1) is 4.72. The standard InChI is InChI=1S/C5H3BClF2N.FH.K/c7-5-4(6(8)9)2-1-3-10-5;;/h1-3H;1H;/q;;+1/p-1.